The molecule has 0 atom stereocenters. The summed E-state index contributed by atoms with van der Waals surface area (Å²) in [6.45, 7) is 0. The number of fused-ring (bicyclic) bond motifs is 1. The number of halogens is 2. The van der Waals surface area contributed by atoms with Crippen LogP contribution in [0.3, 0.4) is 0 Å². The predicted octanol–water partition coefficient (Wildman–Crippen LogP) is 3.94. The number of benzene rings is 1. The fourth-order valence-corrected chi connectivity index (χ4v) is 2.88. The van der Waals surface area contributed by atoms with Gasteiger partial charge in [0.05, 0.1) is 7.11 Å². The summed E-state index contributed by atoms with van der Waals surface area (Å²) in [5.41, 5.74) is 0.878. The van der Waals surface area contributed by atoms with Crippen molar-refractivity contribution in [1.29, 1.82) is 0 Å². The second kappa shape index (κ2) is 3.87. The first kappa shape index (κ1) is 9.93. The number of thiophene rings is 1. The second-order valence-electron chi connectivity index (χ2n) is 2.84. The summed E-state index contributed by atoms with van der Waals surface area (Å²) in [5.74, 6) is 0.0460. The normalized spacial score (nSPS) is 10.8. The maximum atomic E-state index is 13.5. The van der Waals surface area contributed by atoms with Gasteiger partial charge in [0.1, 0.15) is 0 Å². The van der Waals surface area contributed by atoms with Crippen molar-refractivity contribution in [3.05, 3.63) is 28.9 Å². The first-order chi connectivity index (χ1) is 6.77. The Hall–Kier alpha value is -0.610. The van der Waals surface area contributed by atoms with Gasteiger partial charge in [0.15, 0.2) is 11.6 Å². The van der Waals surface area contributed by atoms with Crippen molar-refractivity contribution < 1.29 is 9.13 Å². The van der Waals surface area contributed by atoms with Crippen molar-refractivity contribution in [1.82, 2.24) is 0 Å². The molecule has 0 unspecified atom stereocenters. The molecule has 0 fully saturated rings. The van der Waals surface area contributed by atoms with Gasteiger partial charge in [-0.2, -0.15) is 0 Å². The Morgan fingerprint density at radius 3 is 3.00 bits per heavy atom. The smallest absolute Gasteiger partial charge is 0.166 e. The lowest BCUT2D eigenvalue weighted by Gasteiger charge is -2.08. The molecule has 1 aromatic carbocycles. The summed E-state index contributed by atoms with van der Waals surface area (Å²) >= 11 is 4.88. The predicted molar refractivity (Wildman–Crippen MR) is 61.0 cm³/mol. The van der Waals surface area contributed by atoms with Gasteiger partial charge in [0.2, 0.25) is 0 Å². The Kier molecular flexibility index (Phi) is 2.74. The third kappa shape index (κ3) is 1.42. The van der Waals surface area contributed by atoms with Crippen molar-refractivity contribution in [3.8, 4) is 5.75 Å². The standard InChI is InChI=1S/C10H8BrFOS/c1-13-10-7(5-11)6-2-3-14-9(6)4-8(10)12/h2-4H,5H2,1H3. The fourth-order valence-electron chi connectivity index (χ4n) is 1.48. The van der Waals surface area contributed by atoms with E-state index in [0.29, 0.717) is 11.1 Å². The molecule has 1 heterocycles. The molecule has 2 rings (SSSR count). The summed E-state index contributed by atoms with van der Waals surface area (Å²) in [7, 11) is 1.49. The van der Waals surface area contributed by atoms with E-state index >= 15 is 0 Å². The van der Waals surface area contributed by atoms with Crippen LogP contribution in [0.1, 0.15) is 5.56 Å². The lowest BCUT2D eigenvalue weighted by atomic mass is 10.1. The zero-order chi connectivity index (χ0) is 10.1. The Morgan fingerprint density at radius 1 is 1.57 bits per heavy atom. The van der Waals surface area contributed by atoms with E-state index in [1.165, 1.54) is 24.5 Å². The lowest BCUT2D eigenvalue weighted by molar-refractivity contribution is 0.384. The van der Waals surface area contributed by atoms with Gasteiger partial charge in [0, 0.05) is 21.0 Å². The van der Waals surface area contributed by atoms with Crippen LogP contribution in [0.5, 0.6) is 5.75 Å². The van der Waals surface area contributed by atoms with Gasteiger partial charge >= 0.3 is 0 Å². The molecule has 0 aliphatic rings. The molecule has 2 aromatic rings. The monoisotopic (exact) mass is 274 g/mol. The molecule has 0 saturated heterocycles. The largest absolute Gasteiger partial charge is 0.493 e. The molecule has 0 spiro atoms. The number of alkyl halides is 1. The lowest BCUT2D eigenvalue weighted by Crippen LogP contribution is -1.93. The zero-order valence-electron chi connectivity index (χ0n) is 7.51. The maximum Gasteiger partial charge on any atom is 0.166 e. The zero-order valence-corrected chi connectivity index (χ0v) is 9.91. The maximum absolute atomic E-state index is 13.5. The summed E-state index contributed by atoms with van der Waals surface area (Å²) in [6.07, 6.45) is 0. The van der Waals surface area contributed by atoms with E-state index in [2.05, 4.69) is 15.9 Å². The molecule has 74 valence electrons. The number of hydrogen-bond acceptors (Lipinski definition) is 2. The molecule has 0 amide bonds. The minimum absolute atomic E-state index is 0.295. The SMILES string of the molecule is COc1c(F)cc2sccc2c1CBr. The first-order valence-corrected chi connectivity index (χ1v) is 6.06. The highest BCUT2D eigenvalue weighted by molar-refractivity contribution is 9.08. The minimum Gasteiger partial charge on any atom is -0.493 e. The van der Waals surface area contributed by atoms with Crippen LogP contribution in [0, 0.1) is 5.82 Å². The molecule has 14 heavy (non-hydrogen) atoms. The average Bonchev–Trinajstić information content (AvgIpc) is 2.62. The van der Waals surface area contributed by atoms with Crippen LogP contribution in [-0.2, 0) is 5.33 Å². The Labute approximate surface area is 93.6 Å². The molecular weight excluding hydrogens is 267 g/mol. The minimum atomic E-state index is -0.295. The van der Waals surface area contributed by atoms with Gasteiger partial charge in [-0.25, -0.2) is 4.39 Å². The van der Waals surface area contributed by atoms with Crippen LogP contribution >= 0.6 is 27.3 Å². The van der Waals surface area contributed by atoms with Crippen molar-refractivity contribution in [2.24, 2.45) is 0 Å². The van der Waals surface area contributed by atoms with Crippen LogP contribution < -0.4 is 4.74 Å². The van der Waals surface area contributed by atoms with Crippen LogP contribution in [0.15, 0.2) is 17.5 Å². The number of rotatable bonds is 2. The van der Waals surface area contributed by atoms with E-state index in [-0.39, 0.29) is 5.82 Å². The molecular formula is C10H8BrFOS. The Morgan fingerprint density at radius 2 is 2.36 bits per heavy atom. The van der Waals surface area contributed by atoms with Crippen LogP contribution in [-0.4, -0.2) is 7.11 Å². The van der Waals surface area contributed by atoms with Crippen molar-refractivity contribution in [3.63, 3.8) is 0 Å². The molecule has 0 aliphatic carbocycles. The third-order valence-electron chi connectivity index (χ3n) is 2.11. The Balaban J connectivity index is 2.82. The van der Waals surface area contributed by atoms with Crippen LogP contribution in [0.25, 0.3) is 10.1 Å². The summed E-state index contributed by atoms with van der Waals surface area (Å²) < 4.78 is 19.5. The van der Waals surface area contributed by atoms with Crippen molar-refractivity contribution in [2.75, 3.05) is 7.11 Å². The molecule has 1 aromatic heterocycles. The van der Waals surface area contributed by atoms with Gasteiger partial charge in [-0.1, -0.05) is 15.9 Å². The molecule has 0 bridgehead atoms. The summed E-state index contributed by atoms with van der Waals surface area (Å²) in [4.78, 5) is 0. The van der Waals surface area contributed by atoms with Gasteiger partial charge in [-0.3, -0.25) is 0 Å². The molecule has 1 nitrogen and oxygen atoms in total. The van der Waals surface area contributed by atoms with Gasteiger partial charge in [-0.05, 0) is 17.5 Å². The van der Waals surface area contributed by atoms with Crippen molar-refractivity contribution >= 4 is 37.4 Å². The van der Waals surface area contributed by atoms with Crippen LogP contribution in [0.2, 0.25) is 0 Å². The summed E-state index contributed by atoms with van der Waals surface area (Å²) in [6, 6.07) is 3.50. The Bertz CT molecular complexity index is 466. The van der Waals surface area contributed by atoms with E-state index in [9.17, 15) is 4.39 Å². The highest BCUT2D eigenvalue weighted by Crippen LogP contribution is 2.35. The van der Waals surface area contributed by atoms with Crippen molar-refractivity contribution in [2.45, 2.75) is 5.33 Å². The van der Waals surface area contributed by atoms with E-state index in [1.54, 1.807) is 0 Å². The van der Waals surface area contributed by atoms with E-state index in [4.69, 9.17) is 4.74 Å². The number of hydrogen-bond donors (Lipinski definition) is 0. The third-order valence-corrected chi connectivity index (χ3v) is 3.53. The molecule has 4 heteroatoms. The topological polar surface area (TPSA) is 9.23 Å². The van der Waals surface area contributed by atoms with Gasteiger partial charge in [0.25, 0.3) is 0 Å². The quantitative estimate of drug-likeness (QED) is 0.754. The average molecular weight is 275 g/mol. The van der Waals surface area contributed by atoms with E-state index in [1.807, 2.05) is 11.4 Å². The van der Waals surface area contributed by atoms with Gasteiger partial charge in [-0.15, -0.1) is 11.3 Å². The van der Waals surface area contributed by atoms with E-state index in [0.717, 1.165) is 15.6 Å². The fraction of sp³-hybridized carbons (Fsp3) is 0.200. The number of ether oxygens (including phenoxy) is 1. The van der Waals surface area contributed by atoms with E-state index < -0.39 is 0 Å². The molecule has 0 radical (unpaired) electrons. The highest BCUT2D eigenvalue weighted by Gasteiger charge is 2.13. The second-order valence-corrected chi connectivity index (χ2v) is 4.34. The number of methoxy groups -OCH3 is 1. The highest BCUT2D eigenvalue weighted by atomic mass is 79.9. The molecule has 0 saturated carbocycles. The van der Waals surface area contributed by atoms with Gasteiger partial charge < -0.3 is 4.74 Å². The van der Waals surface area contributed by atoms with Crippen LogP contribution in [0.4, 0.5) is 4.39 Å². The molecule has 0 aliphatic heterocycles. The molecule has 0 N–H and O–H groups in total. The first-order valence-electron chi connectivity index (χ1n) is 4.06. The summed E-state index contributed by atoms with van der Waals surface area (Å²) in [5, 5.41) is 3.61.